The molecule has 0 atom stereocenters. The van der Waals surface area contributed by atoms with E-state index in [0.717, 1.165) is 11.3 Å². The first-order chi connectivity index (χ1) is 12.9. The van der Waals surface area contributed by atoms with Crippen LogP contribution >= 0.6 is 34.5 Å². The fourth-order valence-electron chi connectivity index (χ4n) is 2.35. The molecule has 0 bridgehead atoms. The maximum Gasteiger partial charge on any atom is 0.281 e. The maximum atomic E-state index is 12.2. The second-order valence-corrected chi connectivity index (χ2v) is 7.33. The smallest absolute Gasteiger partial charge is 0.281 e. The molecule has 2 heterocycles. The Morgan fingerprint density at radius 2 is 2.15 bits per heavy atom. The summed E-state index contributed by atoms with van der Waals surface area (Å²) in [4.78, 5) is 12.5. The second-order valence-electron chi connectivity index (χ2n) is 5.43. The summed E-state index contributed by atoms with van der Waals surface area (Å²) in [6.45, 7) is 1.67. The number of halogens is 2. The van der Waals surface area contributed by atoms with E-state index in [9.17, 15) is 4.79 Å². The molecule has 3 N–H and O–H groups in total. The van der Waals surface area contributed by atoms with Crippen LogP contribution in [0.5, 0.6) is 0 Å². The van der Waals surface area contributed by atoms with Gasteiger partial charge in [0.05, 0.1) is 16.8 Å². The Bertz CT molecular complexity index is 1100. The molecule has 3 aromatic rings. The zero-order valence-electron chi connectivity index (χ0n) is 13.9. The van der Waals surface area contributed by atoms with Gasteiger partial charge in [-0.15, -0.1) is 11.3 Å². The van der Waals surface area contributed by atoms with Crippen LogP contribution in [0.15, 0.2) is 39.9 Å². The number of anilines is 1. The molecule has 0 fully saturated rings. The van der Waals surface area contributed by atoms with E-state index in [1.54, 1.807) is 37.3 Å². The molecule has 0 unspecified atom stereocenters. The molecular formula is C18H12Cl2N4O2S. The number of rotatable bonds is 4. The first-order valence-corrected chi connectivity index (χ1v) is 9.15. The van der Waals surface area contributed by atoms with Crippen LogP contribution in [0.4, 0.5) is 5.00 Å². The van der Waals surface area contributed by atoms with E-state index in [-0.39, 0.29) is 0 Å². The van der Waals surface area contributed by atoms with Gasteiger partial charge in [-0.2, -0.15) is 10.4 Å². The molecule has 0 saturated carbocycles. The van der Waals surface area contributed by atoms with Gasteiger partial charge in [-0.05, 0) is 42.8 Å². The Morgan fingerprint density at radius 3 is 2.81 bits per heavy atom. The molecule has 0 saturated heterocycles. The first kappa shape index (κ1) is 19.0. The van der Waals surface area contributed by atoms with Crippen molar-refractivity contribution in [3.05, 3.63) is 62.1 Å². The van der Waals surface area contributed by atoms with Crippen LogP contribution in [0.2, 0.25) is 10.0 Å². The van der Waals surface area contributed by atoms with Crippen LogP contribution in [0.25, 0.3) is 11.3 Å². The Morgan fingerprint density at radius 1 is 1.37 bits per heavy atom. The van der Waals surface area contributed by atoms with Gasteiger partial charge in [0.1, 0.15) is 27.5 Å². The number of amides is 1. The molecule has 0 aliphatic carbocycles. The lowest BCUT2D eigenvalue weighted by Crippen LogP contribution is -2.17. The lowest BCUT2D eigenvalue weighted by Gasteiger charge is -2.00. The number of thiophene rings is 1. The van der Waals surface area contributed by atoms with Crippen molar-refractivity contribution in [3.63, 3.8) is 0 Å². The van der Waals surface area contributed by atoms with Gasteiger partial charge < -0.3 is 10.2 Å². The zero-order valence-corrected chi connectivity index (χ0v) is 16.2. The fourth-order valence-corrected chi connectivity index (χ4v) is 3.77. The highest BCUT2D eigenvalue weighted by Gasteiger charge is 2.18. The number of hydrogen-bond donors (Lipinski definition) is 2. The van der Waals surface area contributed by atoms with Crippen molar-refractivity contribution in [1.29, 1.82) is 5.26 Å². The largest absolute Gasteiger partial charge is 0.455 e. The van der Waals surface area contributed by atoms with Crippen molar-refractivity contribution in [3.8, 4) is 17.4 Å². The third-order valence-corrected chi connectivity index (χ3v) is 5.34. The van der Waals surface area contributed by atoms with Crippen molar-refractivity contribution in [2.75, 3.05) is 5.73 Å². The second kappa shape index (κ2) is 7.84. The van der Waals surface area contributed by atoms with Crippen LogP contribution in [0.3, 0.4) is 0 Å². The summed E-state index contributed by atoms with van der Waals surface area (Å²) >= 11 is 13.1. The standard InChI is InChI=1S/C18H12Cl2N4O2S/c1-9-13(7-21)17(22)27-16(9)18(25)24-23-8-11-3-5-15(26-11)12-4-2-10(19)6-14(12)20/h2-6,8H,22H2,1H3,(H,24,25). The van der Waals surface area contributed by atoms with Crippen LogP contribution in [-0.4, -0.2) is 12.1 Å². The number of carbonyl (C=O) groups is 1. The molecular weight excluding hydrogens is 407 g/mol. The molecule has 2 aromatic heterocycles. The van der Waals surface area contributed by atoms with E-state index in [2.05, 4.69) is 10.5 Å². The summed E-state index contributed by atoms with van der Waals surface area (Å²) in [6.07, 6.45) is 1.36. The summed E-state index contributed by atoms with van der Waals surface area (Å²) in [5.74, 6) is 0.524. The number of nitrogens with one attached hydrogen (secondary N) is 1. The molecule has 0 aliphatic rings. The van der Waals surface area contributed by atoms with Crippen molar-refractivity contribution in [1.82, 2.24) is 5.43 Å². The van der Waals surface area contributed by atoms with Crippen LogP contribution in [0, 0.1) is 18.3 Å². The van der Waals surface area contributed by atoms with Gasteiger partial charge in [0.2, 0.25) is 0 Å². The number of furan rings is 1. The van der Waals surface area contributed by atoms with Gasteiger partial charge >= 0.3 is 0 Å². The zero-order chi connectivity index (χ0) is 19.6. The molecule has 1 aromatic carbocycles. The summed E-state index contributed by atoms with van der Waals surface area (Å²) in [5, 5.41) is 14.2. The minimum atomic E-state index is -0.450. The Balaban J connectivity index is 1.72. The summed E-state index contributed by atoms with van der Waals surface area (Å²) in [7, 11) is 0. The van der Waals surface area contributed by atoms with E-state index in [1.807, 2.05) is 6.07 Å². The van der Waals surface area contributed by atoms with E-state index < -0.39 is 5.91 Å². The minimum absolute atomic E-state index is 0.305. The predicted octanol–water partition coefficient (Wildman–Crippen LogP) is 4.84. The van der Waals surface area contributed by atoms with Gasteiger partial charge in [-0.25, -0.2) is 5.43 Å². The van der Waals surface area contributed by atoms with E-state index in [0.29, 0.717) is 48.1 Å². The molecule has 1 amide bonds. The van der Waals surface area contributed by atoms with Crippen molar-refractivity contribution in [2.45, 2.75) is 6.92 Å². The van der Waals surface area contributed by atoms with Gasteiger partial charge in [0, 0.05) is 10.6 Å². The first-order valence-electron chi connectivity index (χ1n) is 7.58. The SMILES string of the molecule is Cc1c(C(=O)NN=Cc2ccc(-c3ccc(Cl)cc3Cl)o2)sc(N)c1C#N. The minimum Gasteiger partial charge on any atom is -0.455 e. The molecule has 0 aliphatic heterocycles. The molecule has 0 spiro atoms. The highest BCUT2D eigenvalue weighted by atomic mass is 35.5. The topological polar surface area (TPSA) is 104 Å². The number of nitrogen functional groups attached to an aromatic ring is 1. The maximum absolute atomic E-state index is 12.2. The Kier molecular flexibility index (Phi) is 5.51. The Hall–Kier alpha value is -2.79. The monoisotopic (exact) mass is 418 g/mol. The lowest BCUT2D eigenvalue weighted by molar-refractivity contribution is 0.0958. The predicted molar refractivity (Wildman–Crippen MR) is 107 cm³/mol. The van der Waals surface area contributed by atoms with Gasteiger partial charge in [0.15, 0.2) is 0 Å². The number of hydrazone groups is 1. The number of nitriles is 1. The highest BCUT2D eigenvalue weighted by molar-refractivity contribution is 7.18. The Labute approximate surface area is 168 Å². The fraction of sp³-hybridized carbons (Fsp3) is 0.0556. The third-order valence-electron chi connectivity index (χ3n) is 3.67. The average Bonchev–Trinajstić information content (AvgIpc) is 3.19. The molecule has 3 rings (SSSR count). The number of benzene rings is 1. The average molecular weight is 419 g/mol. The number of nitrogens with zero attached hydrogens (tertiary/aromatic N) is 2. The summed E-state index contributed by atoms with van der Waals surface area (Å²) in [6, 6.07) is 10.5. The van der Waals surface area contributed by atoms with Crippen molar-refractivity contribution >= 4 is 51.7 Å². The molecule has 0 radical (unpaired) electrons. The van der Waals surface area contributed by atoms with E-state index in [4.69, 9.17) is 38.6 Å². The van der Waals surface area contributed by atoms with E-state index in [1.165, 1.54) is 6.21 Å². The van der Waals surface area contributed by atoms with Gasteiger partial charge in [-0.1, -0.05) is 23.2 Å². The van der Waals surface area contributed by atoms with Gasteiger partial charge in [0.25, 0.3) is 5.91 Å². The molecule has 136 valence electrons. The quantitative estimate of drug-likeness (QED) is 0.466. The number of nitrogens with two attached hydrogens (primary N) is 1. The summed E-state index contributed by atoms with van der Waals surface area (Å²) < 4.78 is 5.65. The highest BCUT2D eigenvalue weighted by Crippen LogP contribution is 2.31. The van der Waals surface area contributed by atoms with E-state index >= 15 is 0 Å². The normalized spacial score (nSPS) is 10.9. The molecule has 9 heteroatoms. The molecule has 27 heavy (non-hydrogen) atoms. The van der Waals surface area contributed by atoms with Gasteiger partial charge in [-0.3, -0.25) is 4.79 Å². The van der Waals surface area contributed by atoms with Crippen LogP contribution < -0.4 is 11.2 Å². The molecule has 6 nitrogen and oxygen atoms in total. The number of carbonyl (C=O) groups excluding carboxylic acids is 1. The van der Waals surface area contributed by atoms with Crippen molar-refractivity contribution in [2.24, 2.45) is 5.10 Å². The third kappa shape index (κ3) is 3.98. The summed E-state index contributed by atoms with van der Waals surface area (Å²) in [5.41, 5.74) is 9.66. The number of hydrogen-bond acceptors (Lipinski definition) is 6. The van der Waals surface area contributed by atoms with Crippen LogP contribution in [-0.2, 0) is 0 Å². The van der Waals surface area contributed by atoms with Crippen LogP contribution in [0.1, 0.15) is 26.6 Å². The van der Waals surface area contributed by atoms with Crippen molar-refractivity contribution < 1.29 is 9.21 Å². The lowest BCUT2D eigenvalue weighted by atomic mass is 10.2.